The third kappa shape index (κ3) is 4.63. The largest absolute Gasteiger partial charge is 0.368 e. The topological polar surface area (TPSA) is 80.5 Å². The predicted molar refractivity (Wildman–Crippen MR) is 116 cm³/mol. The number of carbonyl (C=O) groups excluding carboxylic acids is 2. The summed E-state index contributed by atoms with van der Waals surface area (Å²) in [6, 6.07) is 15.0. The first kappa shape index (κ1) is 19.1. The third-order valence-corrected chi connectivity index (χ3v) is 5.21. The first-order chi connectivity index (χ1) is 14.1. The van der Waals surface area contributed by atoms with Gasteiger partial charge in [-0.3, -0.25) is 4.79 Å². The molecule has 8 heteroatoms. The van der Waals surface area contributed by atoms with Crippen molar-refractivity contribution in [2.45, 2.75) is 0 Å². The number of hydrogen-bond acceptors (Lipinski definition) is 3. The Labute approximate surface area is 173 Å². The molecule has 7 nitrogen and oxygen atoms in total. The van der Waals surface area contributed by atoms with Crippen LogP contribution in [0.3, 0.4) is 0 Å². The van der Waals surface area contributed by atoms with E-state index in [1.807, 2.05) is 54.7 Å². The van der Waals surface area contributed by atoms with E-state index in [1.165, 1.54) is 0 Å². The number of amides is 3. The van der Waals surface area contributed by atoms with Crippen LogP contribution in [0.2, 0.25) is 5.02 Å². The molecule has 1 aliphatic heterocycles. The Morgan fingerprint density at radius 1 is 1.03 bits per heavy atom. The quantitative estimate of drug-likeness (QED) is 0.616. The van der Waals surface area contributed by atoms with Crippen LogP contribution in [0.5, 0.6) is 0 Å². The second-order valence-corrected chi connectivity index (χ2v) is 7.38. The molecule has 150 valence electrons. The minimum atomic E-state index is -0.259. The molecule has 29 heavy (non-hydrogen) atoms. The Morgan fingerprint density at radius 3 is 2.66 bits per heavy atom. The molecule has 0 unspecified atom stereocenters. The second-order valence-electron chi connectivity index (χ2n) is 6.94. The van der Waals surface area contributed by atoms with E-state index < -0.39 is 0 Å². The molecule has 3 amide bonds. The summed E-state index contributed by atoms with van der Waals surface area (Å²) in [5.41, 5.74) is 2.76. The summed E-state index contributed by atoms with van der Waals surface area (Å²) in [6.07, 6.45) is 1.85. The molecular formula is C21H22ClN5O2. The molecule has 1 aliphatic rings. The minimum Gasteiger partial charge on any atom is -0.368 e. The van der Waals surface area contributed by atoms with Gasteiger partial charge in [0.05, 0.1) is 6.54 Å². The van der Waals surface area contributed by atoms with E-state index in [1.54, 1.807) is 4.90 Å². The molecule has 3 N–H and O–H groups in total. The fourth-order valence-corrected chi connectivity index (χ4v) is 3.63. The molecule has 2 aromatic carbocycles. The summed E-state index contributed by atoms with van der Waals surface area (Å²) in [5.74, 6) is -0.259. The maximum Gasteiger partial charge on any atom is 0.317 e. The van der Waals surface area contributed by atoms with Crippen molar-refractivity contribution in [1.29, 1.82) is 0 Å². The predicted octanol–water partition coefficient (Wildman–Crippen LogP) is 3.29. The SMILES string of the molecule is O=C(CNC(=O)N1CCN(c2cccc(Cl)c2)CC1)Nc1ccc2[nH]ccc2c1. The van der Waals surface area contributed by atoms with Crippen molar-refractivity contribution in [2.75, 3.05) is 42.9 Å². The van der Waals surface area contributed by atoms with Gasteiger partial charge in [0, 0.05) is 59.7 Å². The molecule has 0 spiro atoms. The van der Waals surface area contributed by atoms with Crippen LogP contribution >= 0.6 is 11.6 Å². The maximum absolute atomic E-state index is 12.4. The lowest BCUT2D eigenvalue weighted by molar-refractivity contribution is -0.115. The Hall–Kier alpha value is -3.19. The van der Waals surface area contributed by atoms with E-state index >= 15 is 0 Å². The molecule has 1 aromatic heterocycles. The summed E-state index contributed by atoms with van der Waals surface area (Å²) in [5, 5.41) is 7.22. The second kappa shape index (κ2) is 8.45. The first-order valence-electron chi connectivity index (χ1n) is 9.49. The van der Waals surface area contributed by atoms with Crippen LogP contribution in [0.15, 0.2) is 54.7 Å². The molecule has 0 aliphatic carbocycles. The van der Waals surface area contributed by atoms with Gasteiger partial charge in [-0.05, 0) is 42.5 Å². The first-order valence-corrected chi connectivity index (χ1v) is 9.86. The number of halogens is 1. The van der Waals surface area contributed by atoms with E-state index in [2.05, 4.69) is 20.5 Å². The van der Waals surface area contributed by atoms with Gasteiger partial charge in [0.1, 0.15) is 0 Å². The zero-order valence-corrected chi connectivity index (χ0v) is 16.6. The number of H-pyrrole nitrogens is 1. The van der Waals surface area contributed by atoms with Gasteiger partial charge >= 0.3 is 6.03 Å². The number of fused-ring (bicyclic) bond motifs is 1. The number of aromatic amines is 1. The van der Waals surface area contributed by atoms with Gasteiger partial charge in [-0.25, -0.2) is 4.79 Å². The number of carbonyl (C=O) groups is 2. The van der Waals surface area contributed by atoms with Crippen LogP contribution in [0, 0.1) is 0 Å². The molecule has 0 bridgehead atoms. The number of nitrogens with one attached hydrogen (secondary N) is 3. The average Bonchev–Trinajstić information content (AvgIpc) is 3.20. The van der Waals surface area contributed by atoms with Crippen molar-refractivity contribution in [2.24, 2.45) is 0 Å². The Kier molecular flexibility index (Phi) is 5.57. The van der Waals surface area contributed by atoms with Crippen molar-refractivity contribution >= 4 is 45.8 Å². The average molecular weight is 412 g/mol. The van der Waals surface area contributed by atoms with Crippen molar-refractivity contribution in [3.63, 3.8) is 0 Å². The van der Waals surface area contributed by atoms with Gasteiger partial charge in [-0.15, -0.1) is 0 Å². The fourth-order valence-electron chi connectivity index (χ4n) is 3.44. The summed E-state index contributed by atoms with van der Waals surface area (Å²) in [7, 11) is 0. The lowest BCUT2D eigenvalue weighted by atomic mass is 10.2. The molecule has 3 aromatic rings. The highest BCUT2D eigenvalue weighted by Gasteiger charge is 2.21. The van der Waals surface area contributed by atoms with Gasteiger partial charge in [0.15, 0.2) is 0 Å². The number of anilines is 2. The molecule has 0 atom stereocenters. The molecule has 1 fully saturated rings. The fraction of sp³-hybridized carbons (Fsp3) is 0.238. The number of rotatable bonds is 4. The highest BCUT2D eigenvalue weighted by atomic mass is 35.5. The van der Waals surface area contributed by atoms with Crippen LogP contribution in [-0.2, 0) is 4.79 Å². The highest BCUT2D eigenvalue weighted by Crippen LogP contribution is 2.21. The van der Waals surface area contributed by atoms with Crippen molar-refractivity contribution in [3.8, 4) is 0 Å². The Bertz CT molecular complexity index is 1030. The minimum absolute atomic E-state index is 0.0709. The zero-order valence-electron chi connectivity index (χ0n) is 15.8. The Morgan fingerprint density at radius 2 is 1.86 bits per heavy atom. The normalized spacial score (nSPS) is 14.1. The van der Waals surface area contributed by atoms with Crippen LogP contribution < -0.4 is 15.5 Å². The van der Waals surface area contributed by atoms with Gasteiger partial charge in [0.2, 0.25) is 5.91 Å². The monoisotopic (exact) mass is 411 g/mol. The maximum atomic E-state index is 12.4. The van der Waals surface area contributed by atoms with E-state index in [9.17, 15) is 9.59 Å². The van der Waals surface area contributed by atoms with E-state index in [0.717, 1.165) is 29.7 Å². The van der Waals surface area contributed by atoms with Gasteiger partial charge < -0.3 is 25.4 Å². The summed E-state index contributed by atoms with van der Waals surface area (Å²) in [4.78, 5) is 31.6. The molecular weight excluding hydrogens is 390 g/mol. The van der Waals surface area contributed by atoms with Crippen LogP contribution in [0.1, 0.15) is 0 Å². The zero-order chi connectivity index (χ0) is 20.2. The number of nitrogens with zero attached hydrogens (tertiary/aromatic N) is 2. The lowest BCUT2D eigenvalue weighted by Gasteiger charge is -2.36. The molecule has 0 saturated carbocycles. The Balaban J connectivity index is 1.24. The summed E-state index contributed by atoms with van der Waals surface area (Å²) >= 11 is 6.05. The molecule has 4 rings (SSSR count). The number of piperazine rings is 1. The number of hydrogen-bond donors (Lipinski definition) is 3. The lowest BCUT2D eigenvalue weighted by Crippen LogP contribution is -2.52. The highest BCUT2D eigenvalue weighted by molar-refractivity contribution is 6.30. The van der Waals surface area contributed by atoms with Gasteiger partial charge in [-0.2, -0.15) is 0 Å². The number of aromatic nitrogens is 1. The molecule has 2 heterocycles. The third-order valence-electron chi connectivity index (χ3n) is 4.98. The van der Waals surface area contributed by atoms with Gasteiger partial charge in [0.25, 0.3) is 0 Å². The van der Waals surface area contributed by atoms with Crippen molar-refractivity contribution < 1.29 is 9.59 Å². The smallest absolute Gasteiger partial charge is 0.317 e. The van der Waals surface area contributed by atoms with E-state index in [-0.39, 0.29) is 18.5 Å². The van der Waals surface area contributed by atoms with Crippen LogP contribution in [0.25, 0.3) is 10.9 Å². The van der Waals surface area contributed by atoms with Crippen LogP contribution in [-0.4, -0.2) is 54.5 Å². The van der Waals surface area contributed by atoms with E-state index in [4.69, 9.17) is 11.6 Å². The van der Waals surface area contributed by atoms with Crippen molar-refractivity contribution in [1.82, 2.24) is 15.2 Å². The molecule has 0 radical (unpaired) electrons. The number of benzene rings is 2. The van der Waals surface area contributed by atoms with Crippen molar-refractivity contribution in [3.05, 3.63) is 59.8 Å². The van der Waals surface area contributed by atoms with Gasteiger partial charge in [-0.1, -0.05) is 17.7 Å². The molecule has 1 saturated heterocycles. The summed E-state index contributed by atoms with van der Waals surface area (Å²) in [6.45, 7) is 2.54. The summed E-state index contributed by atoms with van der Waals surface area (Å²) < 4.78 is 0. The van der Waals surface area contributed by atoms with E-state index in [0.29, 0.717) is 23.8 Å². The number of urea groups is 1. The standard InChI is InChI=1S/C21H22ClN5O2/c22-16-2-1-3-18(13-16)26-8-10-27(11-9-26)21(29)24-14-20(28)25-17-4-5-19-15(12-17)6-7-23-19/h1-7,12-13,23H,8-11,14H2,(H,24,29)(H,25,28). The van der Waals surface area contributed by atoms with Crippen LogP contribution in [0.4, 0.5) is 16.2 Å².